The first kappa shape index (κ1) is 18.0. The molecule has 1 N–H and O–H groups in total. The average molecular weight is 372 g/mol. The quantitative estimate of drug-likeness (QED) is 0.804. The van der Waals surface area contributed by atoms with E-state index < -0.39 is 15.1 Å². The van der Waals surface area contributed by atoms with Crippen LogP contribution in [0.2, 0.25) is 5.02 Å². The second-order valence-electron chi connectivity index (χ2n) is 5.06. The second kappa shape index (κ2) is 7.95. The minimum atomic E-state index is -3.61. The number of halogens is 1. The number of carbonyl (C=O) groups excluding carboxylic acids is 1. The van der Waals surface area contributed by atoms with Gasteiger partial charge < -0.3 is 5.32 Å². The Morgan fingerprint density at radius 1 is 1.26 bits per heavy atom. The minimum absolute atomic E-state index is 0.0598. The Balaban J connectivity index is 2.29. The molecule has 0 unspecified atom stereocenters. The number of hydrogen-bond acceptors (Lipinski definition) is 4. The van der Waals surface area contributed by atoms with E-state index in [9.17, 15) is 13.2 Å². The lowest BCUT2D eigenvalue weighted by molar-refractivity contribution is -0.121. The van der Waals surface area contributed by atoms with Crippen LogP contribution in [0.3, 0.4) is 0 Å². The van der Waals surface area contributed by atoms with Crippen LogP contribution in [0.4, 0.5) is 0 Å². The predicted octanol–water partition coefficient (Wildman–Crippen LogP) is 3.83. The summed E-state index contributed by atoms with van der Waals surface area (Å²) in [6, 6.07) is 9.66. The van der Waals surface area contributed by atoms with E-state index in [4.69, 9.17) is 11.6 Å². The van der Waals surface area contributed by atoms with Crippen molar-refractivity contribution in [3.05, 3.63) is 51.7 Å². The summed E-state index contributed by atoms with van der Waals surface area (Å²) in [5.41, 5.74) is 0. The molecule has 1 aromatic heterocycles. The fourth-order valence-electron chi connectivity index (χ4n) is 2.15. The second-order valence-corrected chi connectivity index (χ2v) is 8.60. The summed E-state index contributed by atoms with van der Waals surface area (Å²) in [6.07, 6.45) is 1.11. The van der Waals surface area contributed by atoms with Crippen LogP contribution in [0, 0.1) is 0 Å². The van der Waals surface area contributed by atoms with Crippen LogP contribution in [0.25, 0.3) is 0 Å². The Bertz CT molecular complexity index is 740. The van der Waals surface area contributed by atoms with Gasteiger partial charge in [0.1, 0.15) is 5.25 Å². The lowest BCUT2D eigenvalue weighted by Crippen LogP contribution is -2.31. The van der Waals surface area contributed by atoms with Crippen LogP contribution in [0.1, 0.15) is 29.9 Å². The molecule has 1 heterocycles. The van der Waals surface area contributed by atoms with E-state index in [0.29, 0.717) is 16.3 Å². The molecule has 0 saturated carbocycles. The zero-order valence-corrected chi connectivity index (χ0v) is 15.0. The van der Waals surface area contributed by atoms with Crippen molar-refractivity contribution in [2.24, 2.45) is 0 Å². The van der Waals surface area contributed by atoms with Crippen molar-refractivity contribution >= 4 is 38.7 Å². The van der Waals surface area contributed by atoms with Gasteiger partial charge in [-0.2, -0.15) is 0 Å². The van der Waals surface area contributed by atoms with Gasteiger partial charge in [0.15, 0.2) is 9.84 Å². The first-order valence-corrected chi connectivity index (χ1v) is 10.0. The Kier molecular flexibility index (Phi) is 6.21. The average Bonchev–Trinajstić information content (AvgIpc) is 3.02. The zero-order valence-electron chi connectivity index (χ0n) is 12.7. The fourth-order valence-corrected chi connectivity index (χ4v) is 5.06. The van der Waals surface area contributed by atoms with Gasteiger partial charge in [-0.25, -0.2) is 8.42 Å². The van der Waals surface area contributed by atoms with E-state index in [1.165, 1.54) is 23.5 Å². The maximum atomic E-state index is 12.9. The zero-order chi connectivity index (χ0) is 16.9. The Morgan fingerprint density at radius 3 is 2.52 bits per heavy atom. The number of rotatable bonds is 7. The van der Waals surface area contributed by atoms with Crippen molar-refractivity contribution in [2.75, 3.05) is 6.54 Å². The van der Waals surface area contributed by atoms with E-state index in [2.05, 4.69) is 5.32 Å². The molecular formula is C16H18ClNO3S2. The molecule has 0 spiro atoms. The standard InChI is InChI=1S/C16H18ClNO3S2/c1-2-4-16(19)18-11-15(14-5-3-10-22-14)23(20,21)13-8-6-12(17)7-9-13/h3,5-10,15H,2,4,11H2,1H3,(H,18,19)/t15-/m1/s1. The molecule has 0 saturated heterocycles. The largest absolute Gasteiger partial charge is 0.354 e. The van der Waals surface area contributed by atoms with Gasteiger partial charge in [-0.3, -0.25) is 4.79 Å². The van der Waals surface area contributed by atoms with Crippen molar-refractivity contribution in [3.8, 4) is 0 Å². The van der Waals surface area contributed by atoms with Crippen molar-refractivity contribution < 1.29 is 13.2 Å². The molecule has 1 aromatic carbocycles. The van der Waals surface area contributed by atoms with Gasteiger partial charge >= 0.3 is 0 Å². The molecular weight excluding hydrogens is 354 g/mol. The van der Waals surface area contributed by atoms with Gasteiger partial charge in [-0.05, 0) is 42.1 Å². The van der Waals surface area contributed by atoms with Crippen LogP contribution < -0.4 is 5.32 Å². The van der Waals surface area contributed by atoms with Crippen LogP contribution in [0.15, 0.2) is 46.7 Å². The molecule has 2 aromatic rings. The molecule has 1 atom stereocenters. The number of nitrogens with one attached hydrogen (secondary N) is 1. The predicted molar refractivity (Wildman–Crippen MR) is 93.6 cm³/mol. The van der Waals surface area contributed by atoms with Gasteiger partial charge in [0.05, 0.1) is 4.90 Å². The molecule has 0 aliphatic rings. The summed E-state index contributed by atoms with van der Waals surface area (Å²) in [5, 5.41) is 4.23. The molecule has 7 heteroatoms. The highest BCUT2D eigenvalue weighted by Crippen LogP contribution is 2.31. The smallest absolute Gasteiger partial charge is 0.220 e. The summed E-state index contributed by atoms with van der Waals surface area (Å²) in [6.45, 7) is 1.96. The van der Waals surface area contributed by atoms with Gasteiger partial charge in [0, 0.05) is 22.9 Å². The van der Waals surface area contributed by atoms with Gasteiger partial charge in [-0.15, -0.1) is 11.3 Å². The summed E-state index contributed by atoms with van der Waals surface area (Å²) >= 11 is 7.19. The van der Waals surface area contributed by atoms with Gasteiger partial charge in [0.25, 0.3) is 0 Å². The van der Waals surface area contributed by atoms with Crippen LogP contribution in [-0.2, 0) is 14.6 Å². The molecule has 0 aliphatic heterocycles. The number of carbonyl (C=O) groups is 1. The number of amides is 1. The van der Waals surface area contributed by atoms with E-state index in [-0.39, 0.29) is 17.3 Å². The number of benzene rings is 1. The molecule has 0 fully saturated rings. The SMILES string of the molecule is CCCC(=O)NC[C@H](c1cccs1)S(=O)(=O)c1ccc(Cl)cc1. The third-order valence-corrected chi connectivity index (χ3v) is 6.83. The highest BCUT2D eigenvalue weighted by molar-refractivity contribution is 7.91. The molecule has 0 bridgehead atoms. The third-order valence-electron chi connectivity index (χ3n) is 3.34. The number of sulfone groups is 1. The van der Waals surface area contributed by atoms with Crippen LogP contribution >= 0.6 is 22.9 Å². The van der Waals surface area contributed by atoms with Crippen LogP contribution in [0.5, 0.6) is 0 Å². The summed E-state index contributed by atoms with van der Waals surface area (Å²) in [5.74, 6) is -0.139. The molecule has 1 amide bonds. The first-order valence-electron chi connectivity index (χ1n) is 7.24. The minimum Gasteiger partial charge on any atom is -0.354 e. The number of thiophene rings is 1. The first-order chi connectivity index (χ1) is 10.9. The molecule has 0 radical (unpaired) electrons. The van der Waals surface area contributed by atoms with Crippen LogP contribution in [-0.4, -0.2) is 20.9 Å². The molecule has 0 aliphatic carbocycles. The van der Waals surface area contributed by atoms with Gasteiger partial charge in [0.2, 0.25) is 5.91 Å². The maximum absolute atomic E-state index is 12.9. The lowest BCUT2D eigenvalue weighted by atomic mass is 10.3. The van der Waals surface area contributed by atoms with Crippen molar-refractivity contribution in [1.82, 2.24) is 5.32 Å². The Morgan fingerprint density at radius 2 is 1.96 bits per heavy atom. The molecule has 4 nitrogen and oxygen atoms in total. The maximum Gasteiger partial charge on any atom is 0.220 e. The topological polar surface area (TPSA) is 63.2 Å². The monoisotopic (exact) mass is 371 g/mol. The van der Waals surface area contributed by atoms with Crippen molar-refractivity contribution in [2.45, 2.75) is 29.9 Å². The van der Waals surface area contributed by atoms with E-state index >= 15 is 0 Å². The third kappa shape index (κ3) is 4.56. The van der Waals surface area contributed by atoms with E-state index in [1.54, 1.807) is 24.3 Å². The Hall–Kier alpha value is -1.37. The summed E-state index contributed by atoms with van der Waals surface area (Å²) in [7, 11) is -3.61. The molecule has 2 rings (SSSR count). The Labute approximate surface area is 145 Å². The molecule has 23 heavy (non-hydrogen) atoms. The van der Waals surface area contributed by atoms with E-state index in [1.807, 2.05) is 12.3 Å². The normalized spacial score (nSPS) is 12.8. The van der Waals surface area contributed by atoms with Crippen molar-refractivity contribution in [1.29, 1.82) is 0 Å². The highest BCUT2D eigenvalue weighted by Gasteiger charge is 2.30. The van der Waals surface area contributed by atoms with Gasteiger partial charge in [-0.1, -0.05) is 24.6 Å². The molecule has 124 valence electrons. The summed E-state index contributed by atoms with van der Waals surface area (Å²) in [4.78, 5) is 12.6. The fraction of sp³-hybridized carbons (Fsp3) is 0.312. The number of hydrogen-bond donors (Lipinski definition) is 1. The summed E-state index contributed by atoms with van der Waals surface area (Å²) < 4.78 is 25.8. The highest BCUT2D eigenvalue weighted by atomic mass is 35.5. The lowest BCUT2D eigenvalue weighted by Gasteiger charge is -2.17. The van der Waals surface area contributed by atoms with E-state index in [0.717, 1.165) is 6.42 Å². The van der Waals surface area contributed by atoms with Crippen molar-refractivity contribution in [3.63, 3.8) is 0 Å².